The Hall–Kier alpha value is -2.80. The summed E-state index contributed by atoms with van der Waals surface area (Å²) in [5.74, 6) is -0.554. The van der Waals surface area contributed by atoms with E-state index in [-0.39, 0.29) is 34.1 Å². The zero-order chi connectivity index (χ0) is 19.5. The van der Waals surface area contributed by atoms with Crippen LogP contribution in [0.3, 0.4) is 0 Å². The van der Waals surface area contributed by atoms with E-state index < -0.39 is 19.3 Å². The minimum atomic E-state index is -4.18. The second kappa shape index (κ2) is 7.61. The molecule has 13 heteroatoms. The maximum Gasteiger partial charge on any atom is 0.291 e. The molecule has 0 atom stereocenters. The van der Waals surface area contributed by atoms with Gasteiger partial charge in [-0.25, -0.2) is 0 Å². The van der Waals surface area contributed by atoms with Crippen molar-refractivity contribution in [1.82, 2.24) is 10.2 Å². The van der Waals surface area contributed by atoms with Gasteiger partial charge in [0.25, 0.3) is 20.1 Å². The number of nitrogens with one attached hydrogen (secondary N) is 2. The van der Waals surface area contributed by atoms with Crippen LogP contribution in [0.25, 0.3) is 0 Å². The Balaban J connectivity index is 2.29. The molecule has 26 heavy (non-hydrogen) atoms. The van der Waals surface area contributed by atoms with E-state index in [0.29, 0.717) is 11.3 Å². The van der Waals surface area contributed by atoms with Gasteiger partial charge in [-0.15, -0.1) is 10.2 Å². The molecule has 1 aromatic heterocycles. The number of nitro groups is 1. The number of anilines is 2. The van der Waals surface area contributed by atoms with Crippen molar-refractivity contribution >= 4 is 43.8 Å². The van der Waals surface area contributed by atoms with Gasteiger partial charge in [0.05, 0.1) is 17.7 Å². The highest BCUT2D eigenvalue weighted by Crippen LogP contribution is 2.31. The van der Waals surface area contributed by atoms with Crippen molar-refractivity contribution < 1.29 is 22.9 Å². The van der Waals surface area contributed by atoms with E-state index in [4.69, 9.17) is 4.74 Å². The lowest BCUT2D eigenvalue weighted by Gasteiger charge is -2.09. The molecule has 140 valence electrons. The molecule has 1 amide bonds. The molecule has 2 rings (SSSR count). The van der Waals surface area contributed by atoms with Crippen LogP contribution in [-0.2, 0) is 14.8 Å². The molecule has 1 aromatic carbocycles. The minimum Gasteiger partial charge on any atom is -0.495 e. The molecule has 11 nitrogen and oxygen atoms in total. The molecule has 2 aromatic rings. The highest BCUT2D eigenvalue weighted by molar-refractivity contribution is 7.94. The van der Waals surface area contributed by atoms with E-state index in [9.17, 15) is 23.3 Å². The fraction of sp³-hybridized carbons (Fsp3) is 0.308. The Morgan fingerprint density at radius 1 is 1.35 bits per heavy atom. The zero-order valence-corrected chi connectivity index (χ0v) is 15.6. The second-order valence-corrected chi connectivity index (χ2v) is 8.10. The van der Waals surface area contributed by atoms with Crippen molar-refractivity contribution in [3.05, 3.63) is 28.3 Å². The van der Waals surface area contributed by atoms with Crippen molar-refractivity contribution in [3.63, 3.8) is 0 Å². The number of rotatable bonds is 7. The standard InChI is InChI=1S/C13H15N5O6S2/c1-7(2)11(19)14-12-15-16-13(25-12)26(22,23)17-9-6-8(18(20)21)4-5-10(9)24-3/h4-7,17H,1-3H3,(H,14,15,19). The van der Waals surface area contributed by atoms with Crippen molar-refractivity contribution in [1.29, 1.82) is 0 Å². The van der Waals surface area contributed by atoms with E-state index in [2.05, 4.69) is 20.2 Å². The summed E-state index contributed by atoms with van der Waals surface area (Å²) in [5.41, 5.74) is -0.435. The number of hydrogen-bond acceptors (Lipinski definition) is 9. The number of methoxy groups -OCH3 is 1. The van der Waals surface area contributed by atoms with Crippen LogP contribution in [0.1, 0.15) is 13.8 Å². The number of nitrogens with zero attached hydrogens (tertiary/aromatic N) is 3. The average molecular weight is 401 g/mol. The Kier molecular flexibility index (Phi) is 5.72. The van der Waals surface area contributed by atoms with Crippen LogP contribution in [0.15, 0.2) is 22.5 Å². The van der Waals surface area contributed by atoms with Crippen molar-refractivity contribution in [2.75, 3.05) is 17.1 Å². The summed E-state index contributed by atoms with van der Waals surface area (Å²) < 4.78 is 31.7. The first-order chi connectivity index (χ1) is 12.1. The number of ether oxygens (including phenoxy) is 1. The Morgan fingerprint density at radius 2 is 2.04 bits per heavy atom. The van der Waals surface area contributed by atoms with E-state index >= 15 is 0 Å². The first-order valence-electron chi connectivity index (χ1n) is 7.13. The van der Waals surface area contributed by atoms with Gasteiger partial charge in [-0.1, -0.05) is 25.2 Å². The fourth-order valence-electron chi connectivity index (χ4n) is 1.70. The maximum atomic E-state index is 12.4. The summed E-state index contributed by atoms with van der Waals surface area (Å²) in [7, 11) is -2.89. The molecule has 0 fully saturated rings. The summed E-state index contributed by atoms with van der Waals surface area (Å²) in [5, 5.41) is 20.5. The monoisotopic (exact) mass is 401 g/mol. The Labute approximate surface area is 152 Å². The van der Waals surface area contributed by atoms with E-state index in [1.165, 1.54) is 19.2 Å². The number of hydrogen-bond donors (Lipinski definition) is 2. The third-order valence-electron chi connectivity index (χ3n) is 3.03. The molecule has 0 saturated heterocycles. The van der Waals surface area contributed by atoms with Gasteiger partial charge in [-0.05, 0) is 6.07 Å². The SMILES string of the molecule is COc1ccc([N+](=O)[O-])cc1NS(=O)(=O)c1nnc(NC(=O)C(C)C)s1. The highest BCUT2D eigenvalue weighted by atomic mass is 32.2. The molecule has 0 aliphatic rings. The van der Waals surface area contributed by atoms with Gasteiger partial charge in [-0.2, -0.15) is 8.42 Å². The van der Waals surface area contributed by atoms with Gasteiger partial charge in [0.1, 0.15) is 5.75 Å². The number of aromatic nitrogens is 2. The molecule has 0 unspecified atom stereocenters. The number of carbonyl (C=O) groups excluding carboxylic acids is 1. The zero-order valence-electron chi connectivity index (χ0n) is 13.9. The summed E-state index contributed by atoms with van der Waals surface area (Å²) in [6.07, 6.45) is 0. The molecule has 0 radical (unpaired) electrons. The van der Waals surface area contributed by atoms with Crippen LogP contribution in [0, 0.1) is 16.0 Å². The summed E-state index contributed by atoms with van der Waals surface area (Å²) in [4.78, 5) is 21.8. The first kappa shape index (κ1) is 19.5. The van der Waals surface area contributed by atoms with Crippen LogP contribution < -0.4 is 14.8 Å². The maximum absolute atomic E-state index is 12.4. The summed E-state index contributed by atoms with van der Waals surface area (Å²) >= 11 is 0.649. The number of benzene rings is 1. The van der Waals surface area contributed by atoms with Gasteiger partial charge in [-0.3, -0.25) is 19.6 Å². The average Bonchev–Trinajstić information content (AvgIpc) is 3.03. The molecule has 0 spiro atoms. The largest absolute Gasteiger partial charge is 0.495 e. The number of sulfonamides is 1. The second-order valence-electron chi connectivity index (χ2n) is 5.26. The number of amides is 1. The quantitative estimate of drug-likeness (QED) is 0.405. The molecule has 1 heterocycles. The summed E-state index contributed by atoms with van der Waals surface area (Å²) in [6.45, 7) is 3.34. The smallest absolute Gasteiger partial charge is 0.291 e. The van der Waals surface area contributed by atoms with Crippen LogP contribution in [0.2, 0.25) is 0 Å². The molecule has 2 N–H and O–H groups in total. The van der Waals surface area contributed by atoms with E-state index in [1.807, 2.05) is 0 Å². The van der Waals surface area contributed by atoms with Crippen LogP contribution in [0.5, 0.6) is 5.75 Å². The highest BCUT2D eigenvalue weighted by Gasteiger charge is 2.24. The fourth-order valence-corrected chi connectivity index (χ4v) is 3.66. The van der Waals surface area contributed by atoms with Gasteiger partial charge >= 0.3 is 0 Å². The number of non-ortho nitro benzene ring substituents is 1. The predicted molar refractivity (Wildman–Crippen MR) is 93.8 cm³/mol. The molecule has 0 aliphatic heterocycles. The van der Waals surface area contributed by atoms with Crippen LogP contribution in [-0.4, -0.2) is 36.6 Å². The van der Waals surface area contributed by atoms with Gasteiger partial charge in [0.15, 0.2) is 0 Å². The van der Waals surface area contributed by atoms with Gasteiger partial charge < -0.3 is 10.1 Å². The normalized spacial score (nSPS) is 11.2. The summed E-state index contributed by atoms with van der Waals surface area (Å²) in [6, 6.07) is 3.48. The number of nitro benzene ring substituents is 1. The molecular formula is C13H15N5O6S2. The molecule has 0 saturated carbocycles. The van der Waals surface area contributed by atoms with E-state index in [1.54, 1.807) is 13.8 Å². The van der Waals surface area contributed by atoms with Crippen LogP contribution >= 0.6 is 11.3 Å². The van der Waals surface area contributed by atoms with Crippen molar-refractivity contribution in [3.8, 4) is 5.75 Å². The topological polar surface area (TPSA) is 153 Å². The molecule has 0 bridgehead atoms. The predicted octanol–water partition coefficient (Wildman–Crippen LogP) is 1.85. The third kappa shape index (κ3) is 4.43. The lowest BCUT2D eigenvalue weighted by Crippen LogP contribution is -2.17. The van der Waals surface area contributed by atoms with E-state index in [0.717, 1.165) is 6.07 Å². The van der Waals surface area contributed by atoms with Crippen molar-refractivity contribution in [2.24, 2.45) is 5.92 Å². The molecule has 0 aliphatic carbocycles. The van der Waals surface area contributed by atoms with Crippen molar-refractivity contribution in [2.45, 2.75) is 18.2 Å². The lowest BCUT2D eigenvalue weighted by molar-refractivity contribution is -0.384. The van der Waals surface area contributed by atoms with Gasteiger partial charge in [0, 0.05) is 18.1 Å². The minimum absolute atomic E-state index is 0.0232. The first-order valence-corrected chi connectivity index (χ1v) is 9.43. The van der Waals surface area contributed by atoms with Crippen LogP contribution in [0.4, 0.5) is 16.5 Å². The Morgan fingerprint density at radius 3 is 2.62 bits per heavy atom. The van der Waals surface area contributed by atoms with Gasteiger partial charge in [0.2, 0.25) is 11.0 Å². The molecular weight excluding hydrogens is 386 g/mol. The lowest BCUT2D eigenvalue weighted by atomic mass is 10.2. The Bertz CT molecular complexity index is 940. The number of carbonyl (C=O) groups is 1. The third-order valence-corrected chi connectivity index (χ3v) is 5.60.